The van der Waals surface area contributed by atoms with E-state index in [1.807, 2.05) is 12.1 Å². The molecule has 3 N–H and O–H groups in total. The Kier molecular flexibility index (Phi) is 2.93. The lowest BCUT2D eigenvalue weighted by Crippen LogP contribution is -2.34. The number of aliphatic hydroxyl groups is 1. The lowest BCUT2D eigenvalue weighted by atomic mass is 9.99. The van der Waals surface area contributed by atoms with Gasteiger partial charge in [-0.25, -0.2) is 0 Å². The number of hydrogen-bond donors (Lipinski definition) is 2. The molecule has 1 unspecified atom stereocenters. The highest BCUT2D eigenvalue weighted by atomic mass is 79.9. The largest absolute Gasteiger partial charge is 0.388 e. The van der Waals surface area contributed by atoms with Crippen molar-refractivity contribution in [1.29, 1.82) is 0 Å². The van der Waals surface area contributed by atoms with Gasteiger partial charge < -0.3 is 10.8 Å². The fraction of sp³-hybridized carbons (Fsp3) is 0.500. The summed E-state index contributed by atoms with van der Waals surface area (Å²) in [6, 6.07) is 3.55. The van der Waals surface area contributed by atoms with E-state index in [4.69, 9.17) is 5.73 Å². The van der Waals surface area contributed by atoms with E-state index in [0.29, 0.717) is 0 Å². The Morgan fingerprint density at radius 2 is 2.17 bits per heavy atom. The van der Waals surface area contributed by atoms with Gasteiger partial charge in [-0.15, -0.1) is 11.3 Å². The first kappa shape index (κ1) is 10.2. The molecule has 0 aliphatic carbocycles. The van der Waals surface area contributed by atoms with Crippen molar-refractivity contribution >= 4 is 27.3 Å². The summed E-state index contributed by atoms with van der Waals surface area (Å²) < 4.78 is 1.04. The maximum Gasteiger partial charge on any atom is 0.0791 e. The van der Waals surface area contributed by atoms with Gasteiger partial charge in [-0.1, -0.05) is 0 Å². The van der Waals surface area contributed by atoms with Crippen LogP contribution in [0.1, 0.15) is 24.8 Å². The Hall–Kier alpha value is 0.1000. The lowest BCUT2D eigenvalue weighted by molar-refractivity contribution is 0.0529. The van der Waals surface area contributed by atoms with Crippen molar-refractivity contribution in [3.63, 3.8) is 0 Å². The summed E-state index contributed by atoms with van der Waals surface area (Å²) >= 11 is 4.90. The van der Waals surface area contributed by atoms with Crippen molar-refractivity contribution in [1.82, 2.24) is 0 Å². The van der Waals surface area contributed by atoms with E-state index in [9.17, 15) is 5.11 Å². The molecule has 0 radical (unpaired) electrons. The van der Waals surface area contributed by atoms with Crippen LogP contribution >= 0.6 is 27.3 Å². The first-order valence-electron chi connectivity index (χ1n) is 3.64. The SMILES string of the molecule is CC(C)(O)C(N)c1ccc(Br)s1. The van der Waals surface area contributed by atoms with Gasteiger partial charge in [0.15, 0.2) is 0 Å². The van der Waals surface area contributed by atoms with E-state index < -0.39 is 5.60 Å². The lowest BCUT2D eigenvalue weighted by Gasteiger charge is -2.24. The second-order valence-electron chi connectivity index (χ2n) is 3.27. The maximum absolute atomic E-state index is 9.62. The molecular formula is C8H12BrNOS. The molecule has 0 saturated carbocycles. The van der Waals surface area contributed by atoms with Crippen LogP contribution in [0.3, 0.4) is 0 Å². The van der Waals surface area contributed by atoms with Gasteiger partial charge in [0.05, 0.1) is 15.4 Å². The fourth-order valence-electron chi connectivity index (χ4n) is 0.844. The number of hydrogen-bond acceptors (Lipinski definition) is 3. The van der Waals surface area contributed by atoms with E-state index in [1.54, 1.807) is 25.2 Å². The highest BCUT2D eigenvalue weighted by Crippen LogP contribution is 2.31. The highest BCUT2D eigenvalue weighted by molar-refractivity contribution is 9.11. The normalized spacial score (nSPS) is 14.8. The van der Waals surface area contributed by atoms with E-state index in [2.05, 4.69) is 15.9 Å². The average molecular weight is 250 g/mol. The monoisotopic (exact) mass is 249 g/mol. The molecule has 1 aromatic heterocycles. The summed E-state index contributed by atoms with van der Waals surface area (Å²) in [5, 5.41) is 9.62. The predicted molar refractivity (Wildman–Crippen MR) is 55.2 cm³/mol. The second-order valence-corrected chi connectivity index (χ2v) is 5.77. The maximum atomic E-state index is 9.62. The minimum Gasteiger partial charge on any atom is -0.388 e. The van der Waals surface area contributed by atoms with E-state index in [-0.39, 0.29) is 6.04 Å². The molecule has 68 valence electrons. The summed E-state index contributed by atoms with van der Waals surface area (Å²) in [4.78, 5) is 0.995. The summed E-state index contributed by atoms with van der Waals surface area (Å²) in [5.74, 6) is 0. The first-order chi connectivity index (χ1) is 5.41. The smallest absolute Gasteiger partial charge is 0.0791 e. The summed E-state index contributed by atoms with van der Waals surface area (Å²) in [6.45, 7) is 3.43. The number of rotatable bonds is 2. The van der Waals surface area contributed by atoms with Crippen LogP contribution in [-0.2, 0) is 0 Å². The van der Waals surface area contributed by atoms with Crippen molar-refractivity contribution < 1.29 is 5.11 Å². The van der Waals surface area contributed by atoms with Crippen LogP contribution in [0.5, 0.6) is 0 Å². The molecule has 12 heavy (non-hydrogen) atoms. The van der Waals surface area contributed by atoms with E-state index in [0.717, 1.165) is 8.66 Å². The third kappa shape index (κ3) is 2.29. The zero-order valence-corrected chi connectivity index (χ0v) is 9.45. The topological polar surface area (TPSA) is 46.2 Å². The molecule has 4 heteroatoms. The third-order valence-corrected chi connectivity index (χ3v) is 3.37. The van der Waals surface area contributed by atoms with Gasteiger partial charge in [0.25, 0.3) is 0 Å². The van der Waals surface area contributed by atoms with Gasteiger partial charge in [-0.05, 0) is 41.9 Å². The molecule has 0 aliphatic rings. The predicted octanol–water partition coefficient (Wildman–Crippen LogP) is 2.28. The minimum atomic E-state index is -0.857. The average Bonchev–Trinajstić information content (AvgIpc) is 2.32. The van der Waals surface area contributed by atoms with Crippen LogP contribution in [0.2, 0.25) is 0 Å². The van der Waals surface area contributed by atoms with Crippen LogP contribution in [0, 0.1) is 0 Å². The van der Waals surface area contributed by atoms with Crippen LogP contribution in [0.15, 0.2) is 15.9 Å². The molecule has 0 aliphatic heterocycles. The van der Waals surface area contributed by atoms with Gasteiger partial charge in [0, 0.05) is 4.88 Å². The summed E-state index contributed by atoms with van der Waals surface area (Å²) in [7, 11) is 0. The van der Waals surface area contributed by atoms with Crippen molar-refractivity contribution in [2.75, 3.05) is 0 Å². The summed E-state index contributed by atoms with van der Waals surface area (Å²) in [5.41, 5.74) is 4.97. The molecule has 1 aromatic rings. The van der Waals surface area contributed by atoms with E-state index >= 15 is 0 Å². The van der Waals surface area contributed by atoms with Gasteiger partial charge in [0.1, 0.15) is 0 Å². The molecule has 0 saturated heterocycles. The van der Waals surface area contributed by atoms with Crippen molar-refractivity contribution in [2.24, 2.45) is 5.73 Å². The number of thiophene rings is 1. The highest BCUT2D eigenvalue weighted by Gasteiger charge is 2.25. The standard InChI is InChI=1S/C8H12BrNOS/c1-8(2,11)7(10)5-3-4-6(9)12-5/h3-4,7,11H,10H2,1-2H3. The van der Waals surface area contributed by atoms with Crippen LogP contribution < -0.4 is 5.73 Å². The molecule has 0 aromatic carbocycles. The van der Waals surface area contributed by atoms with Crippen molar-refractivity contribution in [3.05, 3.63) is 20.8 Å². The molecule has 0 fully saturated rings. The molecule has 1 heterocycles. The number of nitrogens with two attached hydrogens (primary N) is 1. The Bertz CT molecular complexity index is 266. The zero-order valence-electron chi connectivity index (χ0n) is 7.04. The summed E-state index contributed by atoms with van der Waals surface area (Å²) in [6.07, 6.45) is 0. The van der Waals surface area contributed by atoms with Crippen molar-refractivity contribution in [2.45, 2.75) is 25.5 Å². The Morgan fingerprint density at radius 1 is 1.58 bits per heavy atom. The van der Waals surface area contributed by atoms with Crippen LogP contribution in [0.4, 0.5) is 0 Å². The van der Waals surface area contributed by atoms with Gasteiger partial charge in [-0.3, -0.25) is 0 Å². The van der Waals surface area contributed by atoms with Crippen LogP contribution in [0.25, 0.3) is 0 Å². The molecule has 2 nitrogen and oxygen atoms in total. The quantitative estimate of drug-likeness (QED) is 0.845. The van der Waals surface area contributed by atoms with Gasteiger partial charge in [0.2, 0.25) is 0 Å². The number of halogens is 1. The van der Waals surface area contributed by atoms with Gasteiger partial charge in [-0.2, -0.15) is 0 Å². The van der Waals surface area contributed by atoms with Gasteiger partial charge >= 0.3 is 0 Å². The molecule has 0 bridgehead atoms. The zero-order chi connectivity index (χ0) is 9.35. The molecule has 0 spiro atoms. The molecule has 0 amide bonds. The minimum absolute atomic E-state index is 0.311. The molecule has 1 rings (SSSR count). The molecular weight excluding hydrogens is 238 g/mol. The molecule has 1 atom stereocenters. The van der Waals surface area contributed by atoms with Crippen molar-refractivity contribution in [3.8, 4) is 0 Å². The Balaban J connectivity index is 2.85. The Morgan fingerprint density at radius 3 is 2.50 bits per heavy atom. The fourth-order valence-corrected chi connectivity index (χ4v) is 2.45. The first-order valence-corrected chi connectivity index (χ1v) is 5.25. The third-order valence-electron chi connectivity index (χ3n) is 1.66. The van der Waals surface area contributed by atoms with Crippen LogP contribution in [-0.4, -0.2) is 10.7 Å². The Labute approximate surface area is 84.5 Å². The van der Waals surface area contributed by atoms with E-state index in [1.165, 1.54) is 0 Å². The second kappa shape index (κ2) is 3.46.